The minimum Gasteiger partial charge on any atom is -0.497 e. The quantitative estimate of drug-likeness (QED) is 0.939. The van der Waals surface area contributed by atoms with Crippen LogP contribution < -0.4 is 10.1 Å². The van der Waals surface area contributed by atoms with Crippen LogP contribution in [0, 0.1) is 5.82 Å². The number of hydrogen-bond acceptors (Lipinski definition) is 3. The van der Waals surface area contributed by atoms with Gasteiger partial charge < -0.3 is 10.1 Å². The number of carbonyl (C=O) groups excluding carboxylic acids is 1. The van der Waals surface area contributed by atoms with E-state index in [1.54, 1.807) is 17.4 Å². The second-order valence-corrected chi connectivity index (χ2v) is 6.06. The van der Waals surface area contributed by atoms with E-state index in [0.717, 1.165) is 19.3 Å². The molecule has 1 aromatic carbocycles. The number of halogens is 1. The Kier molecular flexibility index (Phi) is 3.92. The minimum atomic E-state index is -0.562. The van der Waals surface area contributed by atoms with Crippen molar-refractivity contribution in [2.45, 2.75) is 25.3 Å². The van der Waals surface area contributed by atoms with E-state index in [1.807, 2.05) is 5.38 Å². The van der Waals surface area contributed by atoms with E-state index in [4.69, 9.17) is 4.74 Å². The average molecular weight is 305 g/mol. The van der Waals surface area contributed by atoms with Gasteiger partial charge in [-0.2, -0.15) is 0 Å². The fraction of sp³-hybridized carbons (Fsp3) is 0.312. The Morgan fingerprint density at radius 3 is 3.05 bits per heavy atom. The zero-order chi connectivity index (χ0) is 14.8. The summed E-state index contributed by atoms with van der Waals surface area (Å²) < 4.78 is 18.9. The van der Waals surface area contributed by atoms with Crippen LogP contribution in [0.1, 0.15) is 39.7 Å². The molecule has 0 aliphatic heterocycles. The summed E-state index contributed by atoms with van der Waals surface area (Å²) in [5.74, 6) is -0.533. The molecule has 0 saturated carbocycles. The van der Waals surface area contributed by atoms with Crippen LogP contribution in [0.5, 0.6) is 5.75 Å². The first-order chi connectivity index (χ1) is 10.2. The van der Waals surface area contributed by atoms with Gasteiger partial charge in [0, 0.05) is 10.9 Å². The number of ether oxygens (including phenoxy) is 1. The summed E-state index contributed by atoms with van der Waals surface area (Å²) in [7, 11) is 1.47. The van der Waals surface area contributed by atoms with E-state index in [-0.39, 0.29) is 17.5 Å². The van der Waals surface area contributed by atoms with E-state index in [1.165, 1.54) is 29.7 Å². The lowest BCUT2D eigenvalue weighted by molar-refractivity contribution is 0.0929. The van der Waals surface area contributed by atoms with Gasteiger partial charge in [-0.25, -0.2) is 4.39 Å². The molecule has 21 heavy (non-hydrogen) atoms. The lowest BCUT2D eigenvalue weighted by Crippen LogP contribution is -2.31. The first-order valence-corrected chi connectivity index (χ1v) is 7.77. The maximum Gasteiger partial charge on any atom is 0.254 e. The van der Waals surface area contributed by atoms with Crippen LogP contribution in [0.3, 0.4) is 0 Å². The van der Waals surface area contributed by atoms with E-state index in [2.05, 4.69) is 11.4 Å². The molecule has 1 atom stereocenters. The van der Waals surface area contributed by atoms with Gasteiger partial charge in [-0.1, -0.05) is 0 Å². The lowest BCUT2D eigenvalue weighted by atomic mass is 9.94. The van der Waals surface area contributed by atoms with Crippen molar-refractivity contribution >= 4 is 17.2 Å². The van der Waals surface area contributed by atoms with Gasteiger partial charge in [-0.3, -0.25) is 4.79 Å². The fourth-order valence-corrected chi connectivity index (χ4v) is 3.67. The maximum absolute atomic E-state index is 13.9. The summed E-state index contributed by atoms with van der Waals surface area (Å²) in [6, 6.07) is 6.31. The van der Waals surface area contributed by atoms with E-state index >= 15 is 0 Å². The number of benzene rings is 1. The van der Waals surface area contributed by atoms with Crippen LogP contribution in [0.2, 0.25) is 0 Å². The van der Waals surface area contributed by atoms with Crippen LogP contribution >= 0.6 is 11.3 Å². The molecule has 1 N–H and O–H groups in total. The van der Waals surface area contributed by atoms with Crippen molar-refractivity contribution in [1.82, 2.24) is 5.32 Å². The molecule has 3 nitrogen and oxygen atoms in total. The summed E-state index contributed by atoms with van der Waals surface area (Å²) in [4.78, 5) is 13.6. The molecular formula is C16H16FNO2S. The van der Waals surface area contributed by atoms with E-state index < -0.39 is 5.82 Å². The highest BCUT2D eigenvalue weighted by Gasteiger charge is 2.24. The van der Waals surface area contributed by atoms with Crippen molar-refractivity contribution in [1.29, 1.82) is 0 Å². The standard InChI is InChI=1S/C16H16FNO2S/c1-20-10-5-6-11(13(17)9-10)16(19)18-14-3-2-4-15-12(14)7-8-21-15/h5-9,14H,2-4H2,1H3,(H,18,19). The third-order valence-corrected chi connectivity index (χ3v) is 4.77. The Balaban J connectivity index is 1.79. The van der Waals surface area contributed by atoms with Crippen molar-refractivity contribution in [2.24, 2.45) is 0 Å². The largest absolute Gasteiger partial charge is 0.497 e. The van der Waals surface area contributed by atoms with Gasteiger partial charge in [0.15, 0.2) is 0 Å². The highest BCUT2D eigenvalue weighted by atomic mass is 32.1. The Morgan fingerprint density at radius 1 is 1.43 bits per heavy atom. The molecule has 5 heteroatoms. The number of rotatable bonds is 3. The van der Waals surface area contributed by atoms with Gasteiger partial charge in [-0.05, 0) is 48.4 Å². The summed E-state index contributed by atoms with van der Waals surface area (Å²) in [5, 5.41) is 4.99. The number of amides is 1. The molecule has 0 bridgehead atoms. The second-order valence-electron chi connectivity index (χ2n) is 5.06. The minimum absolute atomic E-state index is 0.0194. The van der Waals surface area contributed by atoms with Gasteiger partial charge >= 0.3 is 0 Å². The van der Waals surface area contributed by atoms with Crippen molar-refractivity contribution in [3.63, 3.8) is 0 Å². The average Bonchev–Trinajstić information content (AvgIpc) is 2.96. The SMILES string of the molecule is COc1ccc(C(=O)NC2CCCc3sccc32)c(F)c1. The van der Waals surface area contributed by atoms with Gasteiger partial charge in [-0.15, -0.1) is 11.3 Å². The van der Waals surface area contributed by atoms with Crippen molar-refractivity contribution < 1.29 is 13.9 Å². The molecular weight excluding hydrogens is 289 g/mol. The molecule has 1 unspecified atom stereocenters. The van der Waals surface area contributed by atoms with E-state index in [0.29, 0.717) is 5.75 Å². The normalized spacial score (nSPS) is 17.1. The van der Waals surface area contributed by atoms with Crippen LogP contribution in [-0.4, -0.2) is 13.0 Å². The Labute approximate surface area is 126 Å². The van der Waals surface area contributed by atoms with Crippen molar-refractivity contribution in [3.8, 4) is 5.75 Å². The molecule has 2 aromatic rings. The molecule has 1 aliphatic carbocycles. The number of thiophene rings is 1. The third-order valence-electron chi connectivity index (χ3n) is 3.78. The summed E-state index contributed by atoms with van der Waals surface area (Å²) in [5.41, 5.74) is 1.23. The molecule has 0 spiro atoms. The molecule has 1 amide bonds. The van der Waals surface area contributed by atoms with Crippen LogP contribution in [0.4, 0.5) is 4.39 Å². The van der Waals surface area contributed by atoms with Crippen LogP contribution in [0.25, 0.3) is 0 Å². The Hall–Kier alpha value is -1.88. The molecule has 1 heterocycles. The number of fused-ring (bicyclic) bond motifs is 1. The number of hydrogen-bond donors (Lipinski definition) is 1. The highest BCUT2D eigenvalue weighted by Crippen LogP contribution is 2.33. The third kappa shape index (κ3) is 2.78. The van der Waals surface area contributed by atoms with Crippen molar-refractivity contribution in [2.75, 3.05) is 7.11 Å². The van der Waals surface area contributed by atoms with Gasteiger partial charge in [0.25, 0.3) is 5.91 Å². The molecule has 1 aromatic heterocycles. The van der Waals surface area contributed by atoms with Crippen LogP contribution in [0.15, 0.2) is 29.6 Å². The number of aryl methyl sites for hydroxylation is 1. The predicted molar refractivity (Wildman–Crippen MR) is 80.4 cm³/mol. The summed E-state index contributed by atoms with van der Waals surface area (Å²) in [6.07, 6.45) is 3.01. The molecule has 0 fully saturated rings. The van der Waals surface area contributed by atoms with Gasteiger partial charge in [0.2, 0.25) is 0 Å². The smallest absolute Gasteiger partial charge is 0.254 e. The topological polar surface area (TPSA) is 38.3 Å². The first kappa shape index (κ1) is 14.1. The molecule has 0 radical (unpaired) electrons. The Morgan fingerprint density at radius 2 is 2.29 bits per heavy atom. The van der Waals surface area contributed by atoms with E-state index in [9.17, 15) is 9.18 Å². The zero-order valence-electron chi connectivity index (χ0n) is 11.7. The number of methoxy groups -OCH3 is 1. The zero-order valence-corrected chi connectivity index (χ0v) is 12.5. The lowest BCUT2D eigenvalue weighted by Gasteiger charge is -2.23. The monoisotopic (exact) mass is 305 g/mol. The summed E-state index contributed by atoms with van der Waals surface area (Å²) in [6.45, 7) is 0. The molecule has 3 rings (SSSR count). The van der Waals surface area contributed by atoms with Crippen LogP contribution in [-0.2, 0) is 6.42 Å². The number of nitrogens with one attached hydrogen (secondary N) is 1. The predicted octanol–water partition coefficient (Wildman–Crippen LogP) is 3.70. The first-order valence-electron chi connectivity index (χ1n) is 6.89. The summed E-state index contributed by atoms with van der Waals surface area (Å²) >= 11 is 1.72. The fourth-order valence-electron chi connectivity index (χ4n) is 2.68. The molecule has 110 valence electrons. The Bertz CT molecular complexity index is 668. The molecule has 0 saturated heterocycles. The van der Waals surface area contributed by atoms with Gasteiger partial charge in [0.1, 0.15) is 11.6 Å². The number of carbonyl (C=O) groups is 1. The second kappa shape index (κ2) is 5.85. The maximum atomic E-state index is 13.9. The highest BCUT2D eigenvalue weighted by molar-refractivity contribution is 7.10. The van der Waals surface area contributed by atoms with Gasteiger partial charge in [0.05, 0.1) is 18.7 Å². The molecule has 1 aliphatic rings. The van der Waals surface area contributed by atoms with Crippen molar-refractivity contribution in [3.05, 3.63) is 51.5 Å².